The Morgan fingerprint density at radius 3 is 1.88 bits per heavy atom. The van der Waals surface area contributed by atoms with Crippen molar-refractivity contribution in [2.45, 2.75) is 13.3 Å². The third-order valence-corrected chi connectivity index (χ3v) is 6.18. The molecule has 0 aromatic heterocycles. The number of hydrogen-bond donors (Lipinski definition) is 1. The van der Waals surface area contributed by atoms with Gasteiger partial charge in [-0.3, -0.25) is 14.4 Å². The first-order valence-corrected chi connectivity index (χ1v) is 11.6. The van der Waals surface area contributed by atoms with Gasteiger partial charge < -0.3 is 15.1 Å². The van der Waals surface area contributed by atoms with Gasteiger partial charge >= 0.3 is 0 Å². The quantitative estimate of drug-likeness (QED) is 0.617. The Bertz CT molecular complexity index is 1130. The average Bonchev–Trinajstić information content (AvgIpc) is 2.92. The maximum absolute atomic E-state index is 12.7. The highest BCUT2D eigenvalue weighted by Crippen LogP contribution is 2.19. The van der Waals surface area contributed by atoms with Crippen molar-refractivity contribution >= 4 is 17.7 Å². The number of aryl methyl sites for hydroxylation is 1. The van der Waals surface area contributed by atoms with E-state index in [9.17, 15) is 14.4 Å². The first-order valence-electron chi connectivity index (χ1n) is 11.6. The summed E-state index contributed by atoms with van der Waals surface area (Å²) < 4.78 is 0. The molecule has 0 saturated carbocycles. The van der Waals surface area contributed by atoms with Crippen LogP contribution in [0.3, 0.4) is 0 Å². The molecule has 1 fully saturated rings. The third kappa shape index (κ3) is 5.52. The molecule has 34 heavy (non-hydrogen) atoms. The van der Waals surface area contributed by atoms with Crippen LogP contribution in [0.2, 0.25) is 0 Å². The Labute approximate surface area is 200 Å². The number of carbonyl (C=O) groups is 3. The Balaban J connectivity index is 1.24. The van der Waals surface area contributed by atoms with Crippen LogP contribution in [0.1, 0.15) is 33.2 Å². The molecule has 3 aromatic rings. The predicted octanol–water partition coefficient (Wildman–Crippen LogP) is 3.63. The maximum Gasteiger partial charge on any atom is 0.253 e. The second-order valence-electron chi connectivity index (χ2n) is 8.35. The fourth-order valence-electron chi connectivity index (χ4n) is 4.04. The summed E-state index contributed by atoms with van der Waals surface area (Å²) in [5.74, 6) is -0.437. The van der Waals surface area contributed by atoms with E-state index >= 15 is 0 Å². The van der Waals surface area contributed by atoms with Gasteiger partial charge in [0.2, 0.25) is 5.91 Å². The summed E-state index contributed by atoms with van der Waals surface area (Å²) in [5.41, 5.74) is 4.49. The summed E-state index contributed by atoms with van der Waals surface area (Å²) in [5, 5.41) is 2.72. The van der Waals surface area contributed by atoms with E-state index in [1.54, 1.807) is 21.9 Å². The van der Waals surface area contributed by atoms with Crippen molar-refractivity contribution in [3.8, 4) is 11.1 Å². The molecule has 0 spiro atoms. The summed E-state index contributed by atoms with van der Waals surface area (Å²) >= 11 is 0. The first kappa shape index (κ1) is 23.2. The highest BCUT2D eigenvalue weighted by Gasteiger charge is 2.25. The monoisotopic (exact) mass is 455 g/mol. The summed E-state index contributed by atoms with van der Waals surface area (Å²) in [4.78, 5) is 41.3. The van der Waals surface area contributed by atoms with Crippen LogP contribution in [-0.2, 0) is 11.2 Å². The van der Waals surface area contributed by atoms with Gasteiger partial charge in [-0.2, -0.15) is 0 Å². The van der Waals surface area contributed by atoms with Crippen molar-refractivity contribution in [2.75, 3.05) is 32.7 Å². The van der Waals surface area contributed by atoms with E-state index in [1.807, 2.05) is 66.7 Å². The normalized spacial score (nSPS) is 13.4. The molecule has 3 aromatic carbocycles. The lowest BCUT2D eigenvalue weighted by atomic mass is 10.0. The number of carbonyl (C=O) groups excluding carboxylic acids is 3. The minimum Gasteiger partial charge on any atom is -0.343 e. The standard InChI is InChI=1S/C28H29N3O3/c1-2-21-8-10-25(11-9-21)28(34)31-18-16-30(17-19-31)26(32)20-29-27(33)24-14-12-23(13-15-24)22-6-4-3-5-7-22/h3-15H,2,16-20H2,1H3,(H,29,33). The van der Waals surface area contributed by atoms with Crippen molar-refractivity contribution in [3.63, 3.8) is 0 Å². The van der Waals surface area contributed by atoms with Crippen LogP contribution in [0.15, 0.2) is 78.9 Å². The van der Waals surface area contributed by atoms with Crippen LogP contribution in [0.5, 0.6) is 0 Å². The summed E-state index contributed by atoms with van der Waals surface area (Å²) in [6.07, 6.45) is 0.935. The highest BCUT2D eigenvalue weighted by molar-refractivity contribution is 5.97. The molecule has 1 aliphatic rings. The maximum atomic E-state index is 12.7. The van der Waals surface area contributed by atoms with Crippen molar-refractivity contribution < 1.29 is 14.4 Å². The van der Waals surface area contributed by atoms with Crippen LogP contribution < -0.4 is 5.32 Å². The van der Waals surface area contributed by atoms with Gasteiger partial charge in [0.1, 0.15) is 0 Å². The van der Waals surface area contributed by atoms with Crippen LogP contribution in [0.4, 0.5) is 0 Å². The zero-order valence-corrected chi connectivity index (χ0v) is 19.4. The zero-order valence-electron chi connectivity index (χ0n) is 19.4. The van der Waals surface area contributed by atoms with Gasteiger partial charge in [-0.15, -0.1) is 0 Å². The Hall–Kier alpha value is -3.93. The molecule has 0 radical (unpaired) electrons. The van der Waals surface area contributed by atoms with Crippen molar-refractivity contribution in [1.82, 2.24) is 15.1 Å². The van der Waals surface area contributed by atoms with E-state index in [4.69, 9.17) is 0 Å². The van der Waals surface area contributed by atoms with Gasteiger partial charge in [-0.1, -0.05) is 61.5 Å². The van der Waals surface area contributed by atoms with Crippen molar-refractivity contribution in [2.24, 2.45) is 0 Å². The minimum atomic E-state index is -0.280. The molecule has 3 amide bonds. The topological polar surface area (TPSA) is 69.7 Å². The second kappa shape index (κ2) is 10.8. The molecule has 6 nitrogen and oxygen atoms in total. The van der Waals surface area contributed by atoms with E-state index in [0.29, 0.717) is 37.3 Å². The average molecular weight is 456 g/mol. The molecule has 4 rings (SSSR count). The molecule has 0 bridgehead atoms. The zero-order chi connectivity index (χ0) is 23.9. The van der Waals surface area contributed by atoms with Crippen molar-refractivity contribution in [3.05, 3.63) is 95.6 Å². The van der Waals surface area contributed by atoms with E-state index < -0.39 is 0 Å². The molecule has 0 unspecified atom stereocenters. The molecule has 0 atom stereocenters. The van der Waals surface area contributed by atoms with E-state index in [-0.39, 0.29) is 24.3 Å². The lowest BCUT2D eigenvalue weighted by Gasteiger charge is -2.35. The lowest BCUT2D eigenvalue weighted by molar-refractivity contribution is -0.131. The molecule has 1 aliphatic heterocycles. The first-order chi connectivity index (χ1) is 16.5. The highest BCUT2D eigenvalue weighted by atomic mass is 16.2. The van der Waals surface area contributed by atoms with Gasteiger partial charge in [0.05, 0.1) is 6.54 Å². The number of benzene rings is 3. The van der Waals surface area contributed by atoms with E-state index in [0.717, 1.165) is 17.5 Å². The second-order valence-corrected chi connectivity index (χ2v) is 8.35. The number of rotatable bonds is 6. The third-order valence-electron chi connectivity index (χ3n) is 6.18. The fourth-order valence-corrected chi connectivity index (χ4v) is 4.04. The number of hydrogen-bond acceptors (Lipinski definition) is 3. The SMILES string of the molecule is CCc1ccc(C(=O)N2CCN(C(=O)CNC(=O)c3ccc(-c4ccccc4)cc3)CC2)cc1. The number of nitrogens with zero attached hydrogens (tertiary/aromatic N) is 2. The van der Waals surface area contributed by atoms with Crippen LogP contribution >= 0.6 is 0 Å². The molecule has 6 heteroatoms. The Kier molecular flexibility index (Phi) is 7.38. The van der Waals surface area contributed by atoms with Crippen LogP contribution in [-0.4, -0.2) is 60.2 Å². The predicted molar refractivity (Wildman–Crippen MR) is 133 cm³/mol. The lowest BCUT2D eigenvalue weighted by Crippen LogP contribution is -2.52. The van der Waals surface area contributed by atoms with Gasteiger partial charge in [-0.25, -0.2) is 0 Å². The molecule has 1 N–H and O–H groups in total. The number of nitrogens with one attached hydrogen (secondary N) is 1. The fraction of sp³-hybridized carbons (Fsp3) is 0.250. The Morgan fingerprint density at radius 1 is 0.706 bits per heavy atom. The van der Waals surface area contributed by atoms with Crippen molar-refractivity contribution in [1.29, 1.82) is 0 Å². The summed E-state index contributed by atoms with van der Waals surface area (Å²) in [6.45, 7) is 3.89. The van der Waals surface area contributed by atoms with Gasteiger partial charge in [-0.05, 0) is 47.4 Å². The van der Waals surface area contributed by atoms with Gasteiger partial charge in [0.15, 0.2) is 0 Å². The summed E-state index contributed by atoms with van der Waals surface area (Å²) in [7, 11) is 0. The van der Waals surface area contributed by atoms with Gasteiger partial charge in [0, 0.05) is 37.3 Å². The molecule has 1 saturated heterocycles. The summed E-state index contributed by atoms with van der Waals surface area (Å²) in [6, 6.07) is 24.9. The van der Waals surface area contributed by atoms with E-state index in [1.165, 1.54) is 5.56 Å². The largest absolute Gasteiger partial charge is 0.343 e. The van der Waals surface area contributed by atoms with Crippen LogP contribution in [0.25, 0.3) is 11.1 Å². The minimum absolute atomic E-state index is 0.0120. The number of amides is 3. The number of piperazine rings is 1. The smallest absolute Gasteiger partial charge is 0.253 e. The van der Waals surface area contributed by atoms with Gasteiger partial charge in [0.25, 0.3) is 11.8 Å². The molecular weight excluding hydrogens is 426 g/mol. The molecule has 174 valence electrons. The molecular formula is C28H29N3O3. The Morgan fingerprint density at radius 2 is 1.26 bits per heavy atom. The molecule has 0 aliphatic carbocycles. The van der Waals surface area contributed by atoms with Crippen LogP contribution in [0, 0.1) is 0 Å². The van der Waals surface area contributed by atoms with E-state index in [2.05, 4.69) is 12.2 Å². The molecule has 1 heterocycles.